The normalized spacial score (nSPS) is 21.8. The Hall–Kier alpha value is -1.77. The predicted molar refractivity (Wildman–Crippen MR) is 151 cm³/mol. The van der Waals surface area contributed by atoms with E-state index in [1.54, 1.807) is 13.3 Å². The van der Waals surface area contributed by atoms with Gasteiger partial charge in [0.25, 0.3) is 5.91 Å². The van der Waals surface area contributed by atoms with Crippen LogP contribution in [0.1, 0.15) is 103 Å². The van der Waals surface area contributed by atoms with E-state index in [9.17, 15) is 9.90 Å². The molecule has 0 spiro atoms. The minimum absolute atomic E-state index is 0. The zero-order chi connectivity index (χ0) is 26.3. The first-order valence-electron chi connectivity index (χ1n) is 13.9. The van der Waals surface area contributed by atoms with Crippen LogP contribution in [-0.4, -0.2) is 77.4 Å². The molecular formula is C29H53N5O3. The maximum Gasteiger partial charge on any atom is 0.259 e. The minimum Gasteiger partial charge on any atom is -0.390 e. The summed E-state index contributed by atoms with van der Waals surface area (Å²) in [4.78, 5) is 25.5. The van der Waals surface area contributed by atoms with E-state index in [0.29, 0.717) is 42.8 Å². The highest BCUT2D eigenvalue weighted by Crippen LogP contribution is 2.38. The van der Waals surface area contributed by atoms with Gasteiger partial charge < -0.3 is 25.4 Å². The molecule has 8 heteroatoms. The number of hydrogen-bond acceptors (Lipinski definition) is 7. The van der Waals surface area contributed by atoms with Crippen LogP contribution in [0.2, 0.25) is 0 Å². The summed E-state index contributed by atoms with van der Waals surface area (Å²) in [6.07, 6.45) is 8.44. The van der Waals surface area contributed by atoms with Gasteiger partial charge in [-0.25, -0.2) is 9.97 Å². The van der Waals surface area contributed by atoms with E-state index in [1.807, 2.05) is 4.90 Å². The number of piperidine rings is 1. The fraction of sp³-hybridized carbons (Fsp3) is 0.828. The summed E-state index contributed by atoms with van der Waals surface area (Å²) < 4.78 is 5.19. The molecule has 0 radical (unpaired) electrons. The Morgan fingerprint density at radius 3 is 2.59 bits per heavy atom. The zero-order valence-electron chi connectivity index (χ0n) is 23.4. The molecule has 0 aromatic carbocycles. The molecule has 0 bridgehead atoms. The molecule has 2 heterocycles. The molecule has 1 aromatic heterocycles. The van der Waals surface area contributed by atoms with E-state index in [-0.39, 0.29) is 30.7 Å². The number of nitrogens with zero attached hydrogens (tertiary/aromatic N) is 3. The first-order chi connectivity index (χ1) is 17.0. The van der Waals surface area contributed by atoms with Gasteiger partial charge in [-0.15, -0.1) is 0 Å². The van der Waals surface area contributed by atoms with Crippen LogP contribution in [0.4, 0.5) is 5.82 Å². The third-order valence-electron chi connectivity index (χ3n) is 7.58. The van der Waals surface area contributed by atoms with Crippen molar-refractivity contribution in [2.24, 2.45) is 11.8 Å². The average Bonchev–Trinajstić information content (AvgIpc) is 2.84. The molecule has 1 amide bonds. The summed E-state index contributed by atoms with van der Waals surface area (Å²) in [7, 11) is 1.69. The van der Waals surface area contributed by atoms with Crippen molar-refractivity contribution < 1.29 is 14.6 Å². The van der Waals surface area contributed by atoms with Gasteiger partial charge in [-0.2, -0.15) is 0 Å². The lowest BCUT2D eigenvalue weighted by Crippen LogP contribution is -2.57. The molecule has 1 saturated heterocycles. The van der Waals surface area contributed by atoms with E-state index < -0.39 is 5.60 Å². The maximum atomic E-state index is 14.1. The molecule has 2 aliphatic rings. The van der Waals surface area contributed by atoms with Crippen molar-refractivity contribution in [3.05, 3.63) is 17.6 Å². The van der Waals surface area contributed by atoms with Crippen LogP contribution < -0.4 is 10.6 Å². The highest BCUT2D eigenvalue weighted by molar-refractivity contribution is 5.98. The monoisotopic (exact) mass is 519 g/mol. The van der Waals surface area contributed by atoms with Gasteiger partial charge >= 0.3 is 0 Å². The van der Waals surface area contributed by atoms with Crippen LogP contribution in [0.25, 0.3) is 0 Å². The molecule has 3 N–H and O–H groups in total. The first-order valence-corrected chi connectivity index (χ1v) is 13.9. The standard InChI is InChI=1S/C28H49N5O3.CH4/c1-20(2)19-33(22-15-21(16-29-17-22)28(35)11-8-7-9-12-28)25(34)23-18-31-26(27(3,4)5)32-24(23)30-13-10-14-36-6;/h18,20-22,29,35H,7-17,19H2,1-6H3,(H,30,31,32);1H4/t21-,22+;/m1./s1. The third kappa shape index (κ3) is 8.36. The highest BCUT2D eigenvalue weighted by Gasteiger charge is 2.42. The fourth-order valence-electron chi connectivity index (χ4n) is 5.54. The van der Waals surface area contributed by atoms with Gasteiger partial charge in [-0.05, 0) is 31.6 Å². The lowest BCUT2D eigenvalue weighted by atomic mass is 9.72. The molecule has 3 rings (SSSR count). The number of hydrogen-bond donors (Lipinski definition) is 3. The molecule has 212 valence electrons. The van der Waals surface area contributed by atoms with Crippen molar-refractivity contribution in [2.75, 3.05) is 45.2 Å². The fourth-order valence-corrected chi connectivity index (χ4v) is 5.54. The van der Waals surface area contributed by atoms with E-state index in [1.165, 1.54) is 6.42 Å². The number of anilines is 1. The molecule has 8 nitrogen and oxygen atoms in total. The Bertz CT molecular complexity index is 848. The summed E-state index contributed by atoms with van der Waals surface area (Å²) in [6, 6.07) is 0.0215. The number of amides is 1. The van der Waals surface area contributed by atoms with Gasteiger partial charge in [0.15, 0.2) is 0 Å². The van der Waals surface area contributed by atoms with E-state index in [2.05, 4.69) is 50.2 Å². The van der Waals surface area contributed by atoms with Crippen molar-refractivity contribution in [1.82, 2.24) is 20.2 Å². The summed E-state index contributed by atoms with van der Waals surface area (Å²) in [5.41, 5.74) is -0.334. The van der Waals surface area contributed by atoms with Crippen LogP contribution >= 0.6 is 0 Å². The number of aliphatic hydroxyl groups is 1. The first kappa shape index (κ1) is 31.4. The number of ether oxygens (including phenoxy) is 1. The topological polar surface area (TPSA) is 99.6 Å². The number of carbonyl (C=O) groups is 1. The van der Waals surface area contributed by atoms with Crippen molar-refractivity contribution >= 4 is 11.7 Å². The Morgan fingerprint density at radius 2 is 1.97 bits per heavy atom. The van der Waals surface area contributed by atoms with Crippen LogP contribution in [0.15, 0.2) is 6.20 Å². The smallest absolute Gasteiger partial charge is 0.259 e. The van der Waals surface area contributed by atoms with Gasteiger partial charge in [-0.3, -0.25) is 4.79 Å². The van der Waals surface area contributed by atoms with E-state index in [0.717, 1.165) is 51.6 Å². The number of aromatic nitrogens is 2. The van der Waals surface area contributed by atoms with E-state index >= 15 is 0 Å². The molecular weight excluding hydrogens is 466 g/mol. The second kappa shape index (κ2) is 13.9. The van der Waals surface area contributed by atoms with Crippen LogP contribution in [0.3, 0.4) is 0 Å². The molecule has 2 atom stereocenters. The summed E-state index contributed by atoms with van der Waals surface area (Å²) in [6.45, 7) is 14.0. The summed E-state index contributed by atoms with van der Waals surface area (Å²) in [5.74, 6) is 1.74. The van der Waals surface area contributed by atoms with Crippen molar-refractivity contribution in [1.29, 1.82) is 0 Å². The van der Waals surface area contributed by atoms with Gasteiger partial charge in [0, 0.05) is 63.5 Å². The molecule has 1 aromatic rings. The quantitative estimate of drug-likeness (QED) is 0.388. The second-order valence-corrected chi connectivity index (χ2v) is 12.2. The number of carbonyl (C=O) groups excluding carboxylic acids is 1. The second-order valence-electron chi connectivity index (χ2n) is 12.2. The Kier molecular flexibility index (Phi) is 11.8. The van der Waals surface area contributed by atoms with Crippen molar-refractivity contribution in [3.8, 4) is 0 Å². The molecule has 1 aliphatic heterocycles. The van der Waals surface area contributed by atoms with Gasteiger partial charge in [0.2, 0.25) is 0 Å². The van der Waals surface area contributed by atoms with Gasteiger partial charge in [-0.1, -0.05) is 61.3 Å². The van der Waals surface area contributed by atoms with Crippen molar-refractivity contribution in [3.63, 3.8) is 0 Å². The molecule has 1 aliphatic carbocycles. The third-order valence-corrected chi connectivity index (χ3v) is 7.58. The Morgan fingerprint density at radius 1 is 1.27 bits per heavy atom. The lowest BCUT2D eigenvalue weighted by molar-refractivity contribution is -0.0656. The number of rotatable bonds is 10. The Labute approximate surface area is 225 Å². The van der Waals surface area contributed by atoms with E-state index in [4.69, 9.17) is 9.72 Å². The highest BCUT2D eigenvalue weighted by atomic mass is 16.5. The van der Waals surface area contributed by atoms with Crippen molar-refractivity contribution in [2.45, 2.75) is 104 Å². The van der Waals surface area contributed by atoms with Gasteiger partial charge in [0.1, 0.15) is 17.2 Å². The molecule has 2 fully saturated rings. The van der Waals surface area contributed by atoms with Gasteiger partial charge in [0.05, 0.1) is 5.60 Å². The summed E-state index contributed by atoms with van der Waals surface area (Å²) >= 11 is 0. The van der Waals surface area contributed by atoms with Crippen LogP contribution in [-0.2, 0) is 10.2 Å². The average molecular weight is 520 g/mol. The number of nitrogens with one attached hydrogen (secondary N) is 2. The molecule has 0 unspecified atom stereocenters. The molecule has 37 heavy (non-hydrogen) atoms. The zero-order valence-corrected chi connectivity index (χ0v) is 23.4. The van der Waals surface area contributed by atoms with Crippen LogP contribution in [0, 0.1) is 11.8 Å². The predicted octanol–water partition coefficient (Wildman–Crippen LogP) is 4.63. The lowest BCUT2D eigenvalue weighted by Gasteiger charge is -2.46. The number of methoxy groups -OCH3 is 1. The minimum atomic E-state index is -0.623. The maximum absolute atomic E-state index is 14.1. The summed E-state index contributed by atoms with van der Waals surface area (Å²) in [5, 5.41) is 18.4. The SMILES string of the molecule is C.COCCCNc1nc(C(C)(C)C)ncc1C(=O)N(CC(C)C)[C@@H]1CNC[C@H](C2(O)CCCCC2)C1. The largest absolute Gasteiger partial charge is 0.390 e. The Balaban J connectivity index is 0.00000481. The van der Waals surface area contributed by atoms with Crippen LogP contribution in [0.5, 0.6) is 0 Å². The molecule has 1 saturated carbocycles.